The number of nitrogens with zero attached hydrogens (tertiary/aromatic N) is 4. The summed E-state index contributed by atoms with van der Waals surface area (Å²) in [5.41, 5.74) is 2.84. The third-order valence-corrected chi connectivity index (χ3v) is 7.15. The van der Waals surface area contributed by atoms with E-state index in [1.54, 1.807) is 7.11 Å². The molecule has 4 atom stereocenters. The minimum atomic E-state index is -1.13. The zero-order valence-corrected chi connectivity index (χ0v) is 20.4. The number of nitrogens with one attached hydrogen (secondary N) is 1. The number of alkyl halides is 1. The molecule has 0 aliphatic carbocycles. The van der Waals surface area contributed by atoms with Gasteiger partial charge in [-0.05, 0) is 37.4 Å². The lowest BCUT2D eigenvalue weighted by Crippen LogP contribution is -2.44. The Morgan fingerprint density at radius 1 is 0.972 bits per heavy atom. The predicted octanol–water partition coefficient (Wildman–Crippen LogP) is 3.02. The molecule has 190 valence electrons. The maximum absolute atomic E-state index is 13.9. The van der Waals surface area contributed by atoms with Crippen molar-refractivity contribution in [1.29, 1.82) is 0 Å². The van der Waals surface area contributed by atoms with Crippen LogP contribution in [0.25, 0.3) is 10.9 Å². The van der Waals surface area contributed by atoms with Gasteiger partial charge in [0.25, 0.3) is 0 Å². The highest BCUT2D eigenvalue weighted by Crippen LogP contribution is 2.38. The quantitative estimate of drug-likeness (QED) is 0.555. The van der Waals surface area contributed by atoms with Gasteiger partial charge in [-0.1, -0.05) is 0 Å². The highest BCUT2D eigenvalue weighted by molar-refractivity contribution is 5.93. The fourth-order valence-electron chi connectivity index (χ4n) is 5.05. The summed E-state index contributed by atoms with van der Waals surface area (Å²) in [6, 6.07) is 12.1. The van der Waals surface area contributed by atoms with Gasteiger partial charge in [0.05, 0.1) is 25.8 Å². The van der Waals surface area contributed by atoms with E-state index in [0.29, 0.717) is 22.8 Å². The summed E-state index contributed by atoms with van der Waals surface area (Å²) in [4.78, 5) is 13.6. The Hall–Kier alpha value is -3.21. The molecule has 0 spiro atoms. The normalized spacial score (nSPS) is 26.2. The largest absolute Gasteiger partial charge is 0.493 e. The van der Waals surface area contributed by atoms with Crippen LogP contribution < -0.4 is 19.7 Å². The number of ether oxygens (including phenoxy) is 4. The Bertz CT molecular complexity index is 1220. The average Bonchev–Trinajstić information content (AvgIpc) is 3.47. The van der Waals surface area contributed by atoms with Crippen LogP contribution in [0.15, 0.2) is 42.7 Å². The van der Waals surface area contributed by atoms with Gasteiger partial charge >= 0.3 is 0 Å². The lowest BCUT2D eigenvalue weighted by molar-refractivity contribution is 0.0271. The minimum Gasteiger partial charge on any atom is -0.493 e. The zero-order chi connectivity index (χ0) is 24.6. The van der Waals surface area contributed by atoms with Crippen molar-refractivity contribution in [2.24, 2.45) is 0 Å². The maximum atomic E-state index is 13.9. The number of anilines is 3. The van der Waals surface area contributed by atoms with E-state index < -0.39 is 24.5 Å². The molecule has 1 aromatic heterocycles. The molecule has 0 saturated carbocycles. The molecule has 3 aliphatic heterocycles. The number of rotatable bonds is 6. The van der Waals surface area contributed by atoms with Crippen molar-refractivity contribution in [1.82, 2.24) is 14.9 Å². The molecule has 36 heavy (non-hydrogen) atoms. The van der Waals surface area contributed by atoms with E-state index >= 15 is 0 Å². The first-order chi connectivity index (χ1) is 17.6. The van der Waals surface area contributed by atoms with Gasteiger partial charge in [-0.15, -0.1) is 0 Å². The van der Waals surface area contributed by atoms with Gasteiger partial charge in [0.2, 0.25) is 0 Å². The Labute approximate surface area is 209 Å². The first-order valence-electron chi connectivity index (χ1n) is 12.3. The molecule has 1 N–H and O–H groups in total. The van der Waals surface area contributed by atoms with Crippen molar-refractivity contribution in [2.45, 2.75) is 24.5 Å². The summed E-state index contributed by atoms with van der Waals surface area (Å²) in [6.45, 7) is 4.48. The fourth-order valence-corrected chi connectivity index (χ4v) is 5.05. The number of hydrogen-bond acceptors (Lipinski definition) is 9. The second kappa shape index (κ2) is 9.68. The molecule has 3 saturated heterocycles. The van der Waals surface area contributed by atoms with E-state index in [2.05, 4.69) is 56.4 Å². The summed E-state index contributed by atoms with van der Waals surface area (Å²) in [7, 11) is 3.74. The van der Waals surface area contributed by atoms with Gasteiger partial charge in [0, 0.05) is 49.0 Å². The van der Waals surface area contributed by atoms with E-state index in [1.807, 2.05) is 12.1 Å². The SMILES string of the molecule is COc1cc2c(Nc3ccc(N4CCN(C)CC4)cc3)ncnc2cc1O[C@H]1CO[C@H]2[C@@H]1OC[C@@H]2F. The summed E-state index contributed by atoms with van der Waals surface area (Å²) in [5, 5.41) is 4.20. The summed E-state index contributed by atoms with van der Waals surface area (Å²) in [6.07, 6.45) is -1.04. The van der Waals surface area contributed by atoms with E-state index in [4.69, 9.17) is 18.9 Å². The molecular weight excluding hydrogens is 465 g/mol. The Morgan fingerprint density at radius 2 is 1.75 bits per heavy atom. The van der Waals surface area contributed by atoms with Crippen molar-refractivity contribution >= 4 is 28.1 Å². The molecule has 9 nitrogen and oxygen atoms in total. The van der Waals surface area contributed by atoms with Crippen molar-refractivity contribution < 1.29 is 23.3 Å². The summed E-state index contributed by atoms with van der Waals surface area (Å²) in [5.74, 6) is 1.70. The zero-order valence-electron chi connectivity index (χ0n) is 20.4. The van der Waals surface area contributed by atoms with Gasteiger partial charge in [-0.3, -0.25) is 0 Å². The average molecular weight is 496 g/mol. The van der Waals surface area contributed by atoms with E-state index in [0.717, 1.165) is 37.3 Å². The molecular formula is C26H30FN5O4. The van der Waals surface area contributed by atoms with Crippen molar-refractivity contribution in [3.63, 3.8) is 0 Å². The monoisotopic (exact) mass is 495 g/mol. The third kappa shape index (κ3) is 4.40. The number of fused-ring (bicyclic) bond motifs is 2. The molecule has 0 bridgehead atoms. The van der Waals surface area contributed by atoms with Crippen LogP contribution in [0.2, 0.25) is 0 Å². The molecule has 3 fully saturated rings. The topological polar surface area (TPSA) is 81.2 Å². The van der Waals surface area contributed by atoms with Crippen molar-refractivity contribution in [3.8, 4) is 11.5 Å². The van der Waals surface area contributed by atoms with Crippen LogP contribution in [0, 0.1) is 0 Å². The second-order valence-electron chi connectivity index (χ2n) is 9.47. The standard InChI is InChI=1S/C26H30FN5O4/c1-31-7-9-32(10-8-31)17-5-3-16(4-6-17)30-26-18-11-21(33-2)22(12-20(18)28-15-29-26)36-23-14-35-24-19(27)13-34-25(23)24/h3-6,11-12,15,19,23-25H,7-10,13-14H2,1-2H3,(H,28,29,30)/t19-,23-,24+,25+/m0/s1. The molecule has 0 amide bonds. The lowest BCUT2D eigenvalue weighted by atomic mass is 10.1. The summed E-state index contributed by atoms with van der Waals surface area (Å²) < 4.78 is 36.9. The number of benzene rings is 2. The molecule has 4 heterocycles. The molecule has 3 aliphatic rings. The molecule has 6 rings (SSSR count). The number of likely N-dealkylation sites (N-methyl/N-ethyl adjacent to an activating group) is 1. The van der Waals surface area contributed by atoms with Crippen LogP contribution in [0.4, 0.5) is 21.6 Å². The van der Waals surface area contributed by atoms with Crippen molar-refractivity contribution in [2.75, 3.05) is 63.8 Å². The van der Waals surface area contributed by atoms with Crippen LogP contribution in [-0.2, 0) is 9.47 Å². The van der Waals surface area contributed by atoms with Gasteiger partial charge in [-0.25, -0.2) is 14.4 Å². The number of aromatic nitrogens is 2. The lowest BCUT2D eigenvalue weighted by Gasteiger charge is -2.34. The van der Waals surface area contributed by atoms with Crippen LogP contribution in [-0.4, -0.2) is 92.9 Å². The predicted molar refractivity (Wildman–Crippen MR) is 134 cm³/mol. The molecule has 0 radical (unpaired) electrons. The van der Waals surface area contributed by atoms with Crippen LogP contribution >= 0.6 is 0 Å². The van der Waals surface area contributed by atoms with Crippen LogP contribution in [0.5, 0.6) is 11.5 Å². The minimum absolute atomic E-state index is 0.0304. The molecule has 0 unspecified atom stereocenters. The van der Waals surface area contributed by atoms with E-state index in [1.165, 1.54) is 12.0 Å². The van der Waals surface area contributed by atoms with Gasteiger partial charge in [-0.2, -0.15) is 0 Å². The highest BCUT2D eigenvalue weighted by Gasteiger charge is 2.49. The fraction of sp³-hybridized carbons (Fsp3) is 0.462. The third-order valence-electron chi connectivity index (χ3n) is 7.15. The molecule has 2 aromatic carbocycles. The first kappa shape index (κ1) is 23.2. The number of halogens is 1. The first-order valence-corrected chi connectivity index (χ1v) is 12.3. The van der Waals surface area contributed by atoms with E-state index in [-0.39, 0.29) is 13.2 Å². The molecule has 3 aromatic rings. The van der Waals surface area contributed by atoms with E-state index in [9.17, 15) is 4.39 Å². The maximum Gasteiger partial charge on any atom is 0.164 e. The Kier molecular flexibility index (Phi) is 6.24. The van der Waals surface area contributed by atoms with Gasteiger partial charge in [0.15, 0.2) is 23.8 Å². The highest BCUT2D eigenvalue weighted by atomic mass is 19.1. The van der Waals surface area contributed by atoms with Gasteiger partial charge < -0.3 is 34.1 Å². The Balaban J connectivity index is 1.21. The van der Waals surface area contributed by atoms with Gasteiger partial charge in [0.1, 0.15) is 24.4 Å². The van der Waals surface area contributed by atoms with Crippen molar-refractivity contribution in [3.05, 3.63) is 42.7 Å². The number of hydrogen-bond donors (Lipinski definition) is 1. The molecule has 10 heteroatoms. The van der Waals surface area contributed by atoms with Crippen LogP contribution in [0.1, 0.15) is 0 Å². The second-order valence-corrected chi connectivity index (χ2v) is 9.47. The Morgan fingerprint density at radius 3 is 2.53 bits per heavy atom. The number of methoxy groups -OCH3 is 1. The van der Waals surface area contributed by atoms with Crippen LogP contribution in [0.3, 0.4) is 0 Å². The number of piperazine rings is 1. The summed E-state index contributed by atoms with van der Waals surface area (Å²) >= 11 is 0. The smallest absolute Gasteiger partial charge is 0.164 e.